The number of thiophene rings is 1. The van der Waals surface area contributed by atoms with Gasteiger partial charge in [-0.3, -0.25) is 4.79 Å². The summed E-state index contributed by atoms with van der Waals surface area (Å²) in [5.74, 6) is -0.501. The normalized spacial score (nSPS) is 12.8. The minimum absolute atomic E-state index is 0.382. The molecule has 3 N–H and O–H groups in total. The Labute approximate surface area is 99.0 Å². The highest BCUT2D eigenvalue weighted by atomic mass is 79.9. The Morgan fingerprint density at radius 1 is 1.79 bits per heavy atom. The third kappa shape index (κ3) is 2.95. The number of amides is 1. The average Bonchev–Trinajstić information content (AvgIpc) is 2.46. The van der Waals surface area contributed by atoms with Crippen molar-refractivity contribution < 1.29 is 9.90 Å². The Morgan fingerprint density at radius 3 is 2.93 bits per heavy atom. The minimum Gasteiger partial charge on any atom is -0.392 e. The molecule has 0 saturated heterocycles. The van der Waals surface area contributed by atoms with Gasteiger partial charge in [0.25, 0.3) is 5.91 Å². The summed E-state index contributed by atoms with van der Waals surface area (Å²) >= 11 is 10.0. The summed E-state index contributed by atoms with van der Waals surface area (Å²) in [6.45, 7) is 0. The zero-order valence-corrected chi connectivity index (χ0v) is 10.3. The molecule has 0 aliphatic heterocycles. The predicted molar refractivity (Wildman–Crippen MR) is 61.4 cm³/mol. The molecule has 0 bridgehead atoms. The average molecular weight is 299 g/mol. The Bertz CT molecular complexity index is 342. The van der Waals surface area contributed by atoms with Crippen LogP contribution in [0.5, 0.6) is 0 Å². The smallest absolute Gasteiger partial charge is 0.259 e. The molecule has 1 aromatic heterocycles. The first kappa shape index (κ1) is 12.0. The number of nitrogens with two attached hydrogens (primary N) is 1. The van der Waals surface area contributed by atoms with E-state index in [1.54, 1.807) is 6.07 Å². The number of primary amides is 1. The van der Waals surface area contributed by atoms with E-state index in [9.17, 15) is 9.90 Å². The number of rotatable bonds is 4. The van der Waals surface area contributed by atoms with Crippen LogP contribution in [-0.2, 0) is 6.42 Å². The van der Waals surface area contributed by atoms with Crippen LogP contribution in [0.15, 0.2) is 6.07 Å². The van der Waals surface area contributed by atoms with Crippen molar-refractivity contribution >= 4 is 44.8 Å². The van der Waals surface area contributed by atoms with E-state index in [2.05, 4.69) is 15.9 Å². The van der Waals surface area contributed by atoms with E-state index >= 15 is 0 Å². The van der Waals surface area contributed by atoms with Gasteiger partial charge in [-0.15, -0.1) is 11.3 Å². The van der Waals surface area contributed by atoms with Gasteiger partial charge in [0, 0.05) is 11.8 Å². The second-order valence-corrected chi connectivity index (χ2v) is 5.11. The molecule has 0 aromatic carbocycles. The molecule has 1 amide bonds. The first-order chi connectivity index (χ1) is 6.54. The molecule has 0 radical (unpaired) electrons. The summed E-state index contributed by atoms with van der Waals surface area (Å²) in [6.07, 6.45) is -0.147. The first-order valence-electron chi connectivity index (χ1n) is 3.86. The van der Waals surface area contributed by atoms with E-state index in [1.165, 1.54) is 0 Å². The van der Waals surface area contributed by atoms with Crippen molar-refractivity contribution in [2.75, 3.05) is 5.33 Å². The maximum Gasteiger partial charge on any atom is 0.259 e. The molecule has 1 aromatic rings. The van der Waals surface area contributed by atoms with Gasteiger partial charge in [0.05, 0.1) is 15.3 Å². The molecule has 1 heterocycles. The van der Waals surface area contributed by atoms with Crippen LogP contribution in [0.4, 0.5) is 0 Å². The quantitative estimate of drug-likeness (QED) is 0.833. The Balaban J connectivity index is 2.89. The molecule has 0 spiro atoms. The van der Waals surface area contributed by atoms with Crippen LogP contribution in [-0.4, -0.2) is 22.4 Å². The van der Waals surface area contributed by atoms with Crippen molar-refractivity contribution in [1.82, 2.24) is 0 Å². The fourth-order valence-corrected chi connectivity index (χ4v) is 2.43. The van der Waals surface area contributed by atoms with E-state index in [0.29, 0.717) is 26.5 Å². The van der Waals surface area contributed by atoms with Crippen molar-refractivity contribution in [3.63, 3.8) is 0 Å². The van der Waals surface area contributed by atoms with E-state index in [0.717, 1.165) is 11.3 Å². The van der Waals surface area contributed by atoms with E-state index in [-0.39, 0.29) is 0 Å². The molecular formula is C8H9BrClNO2S. The van der Waals surface area contributed by atoms with Gasteiger partial charge in [-0.2, -0.15) is 0 Å². The zero-order chi connectivity index (χ0) is 10.7. The van der Waals surface area contributed by atoms with Crippen molar-refractivity contribution in [2.45, 2.75) is 12.5 Å². The molecule has 14 heavy (non-hydrogen) atoms. The van der Waals surface area contributed by atoms with Crippen LogP contribution in [0.3, 0.4) is 0 Å². The van der Waals surface area contributed by atoms with Gasteiger partial charge in [-0.05, 0) is 11.6 Å². The SMILES string of the molecule is NC(=O)c1sc(Cl)cc1C[C@H](O)CBr. The summed E-state index contributed by atoms with van der Waals surface area (Å²) in [4.78, 5) is 11.4. The van der Waals surface area contributed by atoms with Gasteiger partial charge in [0.2, 0.25) is 0 Å². The topological polar surface area (TPSA) is 63.3 Å². The molecule has 0 aliphatic rings. The minimum atomic E-state index is -0.529. The maximum atomic E-state index is 11.0. The van der Waals surface area contributed by atoms with Gasteiger partial charge < -0.3 is 10.8 Å². The second kappa shape index (κ2) is 5.11. The monoisotopic (exact) mass is 297 g/mol. The standard InChI is InChI=1S/C8H9BrClNO2S/c9-3-5(12)1-4-2-6(10)14-7(4)8(11)13/h2,5,12H,1,3H2,(H2,11,13)/t5-/m0/s1. The molecule has 0 unspecified atom stereocenters. The summed E-state index contributed by atoms with van der Waals surface area (Å²) in [6, 6.07) is 1.66. The fraction of sp³-hybridized carbons (Fsp3) is 0.375. The van der Waals surface area contributed by atoms with Crippen LogP contribution in [0.2, 0.25) is 4.34 Å². The lowest BCUT2D eigenvalue weighted by molar-refractivity contribution is 0.100. The van der Waals surface area contributed by atoms with Gasteiger partial charge in [0.15, 0.2) is 0 Å². The summed E-state index contributed by atoms with van der Waals surface area (Å²) in [5, 5.41) is 9.85. The lowest BCUT2D eigenvalue weighted by Gasteiger charge is -2.05. The molecule has 3 nitrogen and oxygen atoms in total. The van der Waals surface area contributed by atoms with Crippen molar-refractivity contribution in [3.05, 3.63) is 20.8 Å². The summed E-state index contributed by atoms with van der Waals surface area (Å²) in [5.41, 5.74) is 5.87. The third-order valence-electron chi connectivity index (χ3n) is 1.64. The number of aliphatic hydroxyl groups is 1. The van der Waals surface area contributed by atoms with Gasteiger partial charge >= 0.3 is 0 Å². The summed E-state index contributed by atoms with van der Waals surface area (Å²) in [7, 11) is 0. The van der Waals surface area contributed by atoms with E-state index in [4.69, 9.17) is 17.3 Å². The van der Waals surface area contributed by atoms with Crippen LogP contribution >= 0.6 is 38.9 Å². The number of hydrogen-bond acceptors (Lipinski definition) is 3. The lowest BCUT2D eigenvalue weighted by atomic mass is 10.1. The van der Waals surface area contributed by atoms with Crippen molar-refractivity contribution in [2.24, 2.45) is 5.73 Å². The van der Waals surface area contributed by atoms with Crippen LogP contribution in [0, 0.1) is 0 Å². The van der Waals surface area contributed by atoms with Crippen LogP contribution < -0.4 is 5.73 Å². The summed E-state index contributed by atoms with van der Waals surface area (Å²) < 4.78 is 0.510. The van der Waals surface area contributed by atoms with Crippen molar-refractivity contribution in [3.8, 4) is 0 Å². The molecule has 0 fully saturated rings. The molecule has 0 aliphatic carbocycles. The van der Waals surface area contributed by atoms with Crippen molar-refractivity contribution in [1.29, 1.82) is 0 Å². The first-order valence-corrected chi connectivity index (χ1v) is 6.18. The highest BCUT2D eigenvalue weighted by Gasteiger charge is 2.15. The van der Waals surface area contributed by atoms with Gasteiger partial charge in [0.1, 0.15) is 0 Å². The number of alkyl halides is 1. The third-order valence-corrected chi connectivity index (χ3v) is 3.70. The molecule has 0 saturated carbocycles. The number of hydrogen-bond donors (Lipinski definition) is 2. The Hall–Kier alpha value is -0.100. The van der Waals surface area contributed by atoms with Gasteiger partial charge in [-0.25, -0.2) is 0 Å². The maximum absolute atomic E-state index is 11.0. The van der Waals surface area contributed by atoms with Gasteiger partial charge in [-0.1, -0.05) is 27.5 Å². The largest absolute Gasteiger partial charge is 0.392 e. The highest BCUT2D eigenvalue weighted by molar-refractivity contribution is 9.09. The van der Waals surface area contributed by atoms with Crippen LogP contribution in [0.1, 0.15) is 15.2 Å². The fourth-order valence-electron chi connectivity index (χ4n) is 1.06. The predicted octanol–water partition coefficient (Wildman–Crippen LogP) is 1.80. The van der Waals surface area contributed by atoms with Crippen LogP contribution in [0.25, 0.3) is 0 Å². The van der Waals surface area contributed by atoms with E-state index < -0.39 is 12.0 Å². The molecule has 6 heteroatoms. The molecule has 1 rings (SSSR count). The number of carbonyl (C=O) groups is 1. The Kier molecular flexibility index (Phi) is 4.37. The molecular weight excluding hydrogens is 290 g/mol. The molecule has 78 valence electrons. The lowest BCUT2D eigenvalue weighted by Crippen LogP contribution is -2.16. The van der Waals surface area contributed by atoms with E-state index in [1.807, 2.05) is 0 Å². The second-order valence-electron chi connectivity index (χ2n) is 2.78. The Morgan fingerprint density at radius 2 is 2.43 bits per heavy atom. The highest BCUT2D eigenvalue weighted by Crippen LogP contribution is 2.27. The zero-order valence-electron chi connectivity index (χ0n) is 7.17. The number of carbonyl (C=O) groups excluding carboxylic acids is 1. The molecule has 1 atom stereocenters. The number of halogens is 2. The number of aliphatic hydroxyl groups excluding tert-OH is 1.